The van der Waals surface area contributed by atoms with Crippen LogP contribution in [0.4, 0.5) is 4.39 Å². The molecule has 1 nitrogen and oxygen atoms in total. The molecule has 1 saturated heterocycles. The third kappa shape index (κ3) is 3.33. The average molecular weight is 314 g/mol. The lowest BCUT2D eigenvalue weighted by Crippen LogP contribution is -2.43. The maximum absolute atomic E-state index is 14.0. The smallest absolute Gasteiger partial charge is 0.127 e. The molecule has 1 unspecified atom stereocenters. The van der Waals surface area contributed by atoms with Crippen molar-refractivity contribution in [3.63, 3.8) is 0 Å². The first-order valence-electron chi connectivity index (χ1n) is 6.70. The van der Waals surface area contributed by atoms with Crippen LogP contribution in [0.2, 0.25) is 0 Å². The van der Waals surface area contributed by atoms with Crippen molar-refractivity contribution in [3.05, 3.63) is 34.1 Å². The van der Waals surface area contributed by atoms with Crippen LogP contribution in [0.3, 0.4) is 0 Å². The molecular formula is C15H21BrFN. The van der Waals surface area contributed by atoms with Crippen molar-refractivity contribution in [2.75, 3.05) is 6.54 Å². The van der Waals surface area contributed by atoms with Crippen molar-refractivity contribution >= 4 is 15.9 Å². The van der Waals surface area contributed by atoms with Crippen LogP contribution in [0.15, 0.2) is 22.7 Å². The molecule has 0 amide bonds. The van der Waals surface area contributed by atoms with E-state index in [2.05, 4.69) is 35.1 Å². The first-order valence-corrected chi connectivity index (χ1v) is 7.49. The zero-order valence-electron chi connectivity index (χ0n) is 11.1. The van der Waals surface area contributed by atoms with Gasteiger partial charge in [-0.2, -0.15) is 0 Å². The topological polar surface area (TPSA) is 12.0 Å². The van der Waals surface area contributed by atoms with Gasteiger partial charge in [-0.25, -0.2) is 4.39 Å². The van der Waals surface area contributed by atoms with Crippen LogP contribution < -0.4 is 5.32 Å². The standard InChI is InChI=1S/C15H21BrFN/c1-11(2)9-15(6-3-7-18-15)10-12-4-5-13(16)8-14(12)17/h4-5,8,11,18H,3,6-7,9-10H2,1-2H3. The second-order valence-electron chi connectivity index (χ2n) is 5.82. The van der Waals surface area contributed by atoms with E-state index >= 15 is 0 Å². The summed E-state index contributed by atoms with van der Waals surface area (Å²) < 4.78 is 14.8. The quantitative estimate of drug-likeness (QED) is 0.874. The fourth-order valence-corrected chi connectivity index (χ4v) is 3.41. The van der Waals surface area contributed by atoms with Gasteiger partial charge >= 0.3 is 0 Å². The molecule has 1 aliphatic heterocycles. The molecule has 1 aliphatic rings. The van der Waals surface area contributed by atoms with Crippen LogP contribution in [0.25, 0.3) is 0 Å². The summed E-state index contributed by atoms with van der Waals surface area (Å²) in [5.74, 6) is 0.537. The predicted octanol–water partition coefficient (Wildman–Crippen LogP) is 4.30. The van der Waals surface area contributed by atoms with E-state index < -0.39 is 0 Å². The van der Waals surface area contributed by atoms with Gasteiger partial charge in [0.05, 0.1) is 0 Å². The van der Waals surface area contributed by atoms with E-state index in [0.29, 0.717) is 5.92 Å². The summed E-state index contributed by atoms with van der Waals surface area (Å²) >= 11 is 3.31. The van der Waals surface area contributed by atoms with Crippen molar-refractivity contribution in [3.8, 4) is 0 Å². The van der Waals surface area contributed by atoms with Gasteiger partial charge in [0.15, 0.2) is 0 Å². The molecule has 1 heterocycles. The molecule has 0 aromatic heterocycles. The van der Waals surface area contributed by atoms with Gasteiger partial charge in [0.2, 0.25) is 0 Å². The number of hydrogen-bond donors (Lipinski definition) is 1. The minimum Gasteiger partial charge on any atom is -0.311 e. The van der Waals surface area contributed by atoms with Gasteiger partial charge in [-0.15, -0.1) is 0 Å². The zero-order valence-corrected chi connectivity index (χ0v) is 12.7. The number of hydrogen-bond acceptors (Lipinski definition) is 1. The largest absolute Gasteiger partial charge is 0.311 e. The molecule has 2 rings (SSSR count). The third-order valence-corrected chi connectivity index (χ3v) is 4.17. The van der Waals surface area contributed by atoms with E-state index in [4.69, 9.17) is 0 Å². The van der Waals surface area contributed by atoms with Crippen LogP contribution in [0.5, 0.6) is 0 Å². The van der Waals surface area contributed by atoms with Crippen LogP contribution in [0.1, 0.15) is 38.7 Å². The molecule has 1 fully saturated rings. The van der Waals surface area contributed by atoms with Crippen LogP contribution in [-0.2, 0) is 6.42 Å². The Morgan fingerprint density at radius 2 is 2.22 bits per heavy atom. The third-order valence-electron chi connectivity index (χ3n) is 3.68. The van der Waals surface area contributed by atoms with Crippen molar-refractivity contribution in [1.29, 1.82) is 0 Å². The van der Waals surface area contributed by atoms with Gasteiger partial charge in [0, 0.05) is 10.0 Å². The van der Waals surface area contributed by atoms with Gasteiger partial charge in [-0.3, -0.25) is 0 Å². The summed E-state index contributed by atoms with van der Waals surface area (Å²) in [6.45, 7) is 5.53. The number of halogens is 2. The minimum atomic E-state index is -0.0961. The molecule has 100 valence electrons. The SMILES string of the molecule is CC(C)CC1(Cc2ccc(Br)cc2F)CCCN1. The highest BCUT2D eigenvalue weighted by atomic mass is 79.9. The Hall–Kier alpha value is -0.410. The Kier molecular flexibility index (Phi) is 4.44. The monoisotopic (exact) mass is 313 g/mol. The molecule has 0 spiro atoms. The number of rotatable bonds is 4. The Bertz CT molecular complexity index is 411. The minimum absolute atomic E-state index is 0.0961. The molecule has 1 N–H and O–H groups in total. The summed E-state index contributed by atoms with van der Waals surface area (Å²) in [6.07, 6.45) is 4.26. The Balaban J connectivity index is 2.18. The Morgan fingerprint density at radius 1 is 1.44 bits per heavy atom. The lowest BCUT2D eigenvalue weighted by atomic mass is 9.82. The van der Waals surface area contributed by atoms with E-state index in [1.54, 1.807) is 6.07 Å². The van der Waals surface area contributed by atoms with E-state index in [1.165, 1.54) is 6.42 Å². The molecule has 1 atom stereocenters. The highest BCUT2D eigenvalue weighted by Crippen LogP contribution is 2.31. The molecular weight excluding hydrogens is 293 g/mol. The summed E-state index contributed by atoms with van der Waals surface area (Å²) in [7, 11) is 0. The van der Waals surface area contributed by atoms with Crippen molar-refractivity contribution in [2.24, 2.45) is 5.92 Å². The van der Waals surface area contributed by atoms with E-state index in [0.717, 1.165) is 35.8 Å². The fourth-order valence-electron chi connectivity index (χ4n) is 3.08. The predicted molar refractivity (Wildman–Crippen MR) is 77.2 cm³/mol. The molecule has 0 radical (unpaired) electrons. The van der Waals surface area contributed by atoms with Gasteiger partial charge in [-0.05, 0) is 55.8 Å². The van der Waals surface area contributed by atoms with Gasteiger partial charge in [0.1, 0.15) is 5.82 Å². The van der Waals surface area contributed by atoms with Gasteiger partial charge in [0.25, 0.3) is 0 Å². The summed E-state index contributed by atoms with van der Waals surface area (Å²) in [5, 5.41) is 3.61. The Morgan fingerprint density at radius 3 is 2.78 bits per heavy atom. The highest BCUT2D eigenvalue weighted by molar-refractivity contribution is 9.10. The number of benzene rings is 1. The molecule has 1 aromatic rings. The van der Waals surface area contributed by atoms with Crippen molar-refractivity contribution < 1.29 is 4.39 Å². The summed E-state index contributed by atoms with van der Waals surface area (Å²) in [5.41, 5.74) is 0.927. The molecule has 1 aromatic carbocycles. The molecule has 0 aliphatic carbocycles. The molecule has 18 heavy (non-hydrogen) atoms. The highest BCUT2D eigenvalue weighted by Gasteiger charge is 2.34. The molecule has 0 bridgehead atoms. The van der Waals surface area contributed by atoms with Gasteiger partial charge in [-0.1, -0.05) is 35.8 Å². The maximum Gasteiger partial charge on any atom is 0.127 e. The Labute approximate surface area is 117 Å². The van der Waals surface area contributed by atoms with E-state index in [-0.39, 0.29) is 11.4 Å². The van der Waals surface area contributed by atoms with E-state index in [1.807, 2.05) is 12.1 Å². The summed E-state index contributed by atoms with van der Waals surface area (Å²) in [6, 6.07) is 5.39. The summed E-state index contributed by atoms with van der Waals surface area (Å²) in [4.78, 5) is 0. The van der Waals surface area contributed by atoms with Gasteiger partial charge < -0.3 is 5.32 Å². The second-order valence-corrected chi connectivity index (χ2v) is 6.74. The zero-order chi connectivity index (χ0) is 13.2. The lowest BCUT2D eigenvalue weighted by molar-refractivity contribution is 0.298. The normalized spacial score (nSPS) is 23.8. The maximum atomic E-state index is 14.0. The second kappa shape index (κ2) is 5.70. The lowest BCUT2D eigenvalue weighted by Gasteiger charge is -2.32. The van der Waals surface area contributed by atoms with E-state index in [9.17, 15) is 4.39 Å². The first kappa shape index (κ1) is 14.0. The fraction of sp³-hybridized carbons (Fsp3) is 0.600. The average Bonchev–Trinajstić information content (AvgIpc) is 2.70. The molecule has 3 heteroatoms. The first-order chi connectivity index (χ1) is 8.51. The van der Waals surface area contributed by atoms with Crippen LogP contribution in [-0.4, -0.2) is 12.1 Å². The van der Waals surface area contributed by atoms with Crippen LogP contribution in [0, 0.1) is 11.7 Å². The molecule has 0 saturated carbocycles. The van der Waals surface area contributed by atoms with Crippen molar-refractivity contribution in [2.45, 2.75) is 45.1 Å². The number of nitrogens with one attached hydrogen (secondary N) is 1. The van der Waals surface area contributed by atoms with Crippen molar-refractivity contribution in [1.82, 2.24) is 5.32 Å². The van der Waals surface area contributed by atoms with Crippen LogP contribution >= 0.6 is 15.9 Å².